The average molecular weight is 448 g/mol. The molecule has 4 nitrogen and oxygen atoms in total. The molecule has 2 fully saturated rings. The Balaban J connectivity index is 1.59. The van der Waals surface area contributed by atoms with Crippen LogP contribution in [-0.2, 0) is 14.4 Å². The van der Waals surface area contributed by atoms with Gasteiger partial charge in [-0.3, -0.25) is 9.59 Å². The highest BCUT2D eigenvalue weighted by Gasteiger charge is 2.57. The van der Waals surface area contributed by atoms with E-state index in [-0.39, 0.29) is 17.1 Å². The van der Waals surface area contributed by atoms with E-state index in [1.165, 1.54) is 22.4 Å². The molecule has 33 heavy (non-hydrogen) atoms. The third kappa shape index (κ3) is 3.70. The van der Waals surface area contributed by atoms with Crippen LogP contribution in [0.4, 0.5) is 0 Å². The standard InChI is InChI=1S/C29H37NO3/c1-18(32)26-12-13-27-24-10-6-20-16-22(33)9-11-23(20)28(24)25(17-29(26,27)2)19-4-7-21(8-5-19)30(3)14-15-31/h4,7,15-16,24-27H,5-6,8-14,17H2,1-3H3. The minimum absolute atomic E-state index is 0.0655. The summed E-state index contributed by atoms with van der Waals surface area (Å²) in [5, 5.41) is 0. The van der Waals surface area contributed by atoms with Crippen LogP contribution in [0.3, 0.4) is 0 Å². The molecule has 5 rings (SSSR count). The van der Waals surface area contributed by atoms with Crippen molar-refractivity contribution < 1.29 is 14.4 Å². The molecule has 0 aromatic carbocycles. The number of aldehydes is 1. The Kier molecular flexibility index (Phi) is 5.83. The normalized spacial score (nSPS) is 35.6. The summed E-state index contributed by atoms with van der Waals surface area (Å²) in [7, 11) is 1.99. The SMILES string of the molecule is CC(=O)C1CCC2C3CCC4=CC(=O)CCC4=C3C(C3=CC=C(N(C)CC=O)CC3)CC12C. The van der Waals surface area contributed by atoms with Crippen molar-refractivity contribution in [3.63, 3.8) is 0 Å². The molecule has 4 heteroatoms. The Hall–Kier alpha value is -2.23. The summed E-state index contributed by atoms with van der Waals surface area (Å²) in [6.45, 7) is 4.63. The topological polar surface area (TPSA) is 54.5 Å². The van der Waals surface area contributed by atoms with E-state index >= 15 is 0 Å². The van der Waals surface area contributed by atoms with Gasteiger partial charge in [-0.2, -0.15) is 0 Å². The second-order valence-corrected chi connectivity index (χ2v) is 11.3. The van der Waals surface area contributed by atoms with Crippen molar-refractivity contribution >= 4 is 17.9 Å². The fourth-order valence-electron chi connectivity index (χ4n) is 8.14. The number of Topliss-reactive ketones (excluding diaryl/α,β-unsaturated/α-hetero) is 1. The molecule has 5 unspecified atom stereocenters. The predicted octanol–water partition coefficient (Wildman–Crippen LogP) is 5.36. The van der Waals surface area contributed by atoms with Crippen LogP contribution in [-0.4, -0.2) is 36.3 Å². The van der Waals surface area contributed by atoms with Crippen molar-refractivity contribution in [2.24, 2.45) is 29.1 Å². The number of allylic oxidation sites excluding steroid dienone is 8. The first-order valence-corrected chi connectivity index (χ1v) is 12.8. The van der Waals surface area contributed by atoms with E-state index < -0.39 is 0 Å². The van der Waals surface area contributed by atoms with Crippen LogP contribution in [0.1, 0.15) is 71.6 Å². The fraction of sp³-hybridized carbons (Fsp3) is 0.621. The lowest BCUT2D eigenvalue weighted by atomic mass is 9.51. The zero-order valence-corrected chi connectivity index (χ0v) is 20.4. The highest BCUT2D eigenvalue weighted by atomic mass is 16.1. The number of rotatable bonds is 5. The molecule has 0 heterocycles. The highest BCUT2D eigenvalue weighted by Crippen LogP contribution is 2.65. The molecule has 2 saturated carbocycles. The number of hydrogen-bond donors (Lipinski definition) is 0. The Bertz CT molecular complexity index is 1010. The van der Waals surface area contributed by atoms with Crippen molar-refractivity contribution in [3.8, 4) is 0 Å². The molecule has 0 aliphatic heterocycles. The van der Waals surface area contributed by atoms with Gasteiger partial charge in [-0.05, 0) is 98.8 Å². The third-order valence-electron chi connectivity index (χ3n) is 9.67. The molecule has 0 aromatic heterocycles. The number of likely N-dealkylation sites (N-methyl/N-ethyl adjacent to an activating group) is 1. The van der Waals surface area contributed by atoms with Gasteiger partial charge in [-0.15, -0.1) is 0 Å². The molecule has 0 bridgehead atoms. The summed E-state index contributed by atoms with van der Waals surface area (Å²) < 4.78 is 0. The maximum atomic E-state index is 12.7. The van der Waals surface area contributed by atoms with Gasteiger partial charge >= 0.3 is 0 Å². The van der Waals surface area contributed by atoms with Crippen LogP contribution in [0.15, 0.2) is 46.2 Å². The van der Waals surface area contributed by atoms with E-state index in [0.29, 0.717) is 36.5 Å². The molecule has 0 spiro atoms. The monoisotopic (exact) mass is 447 g/mol. The van der Waals surface area contributed by atoms with E-state index in [4.69, 9.17) is 0 Å². The van der Waals surface area contributed by atoms with Gasteiger partial charge in [0.25, 0.3) is 0 Å². The number of fused-ring (bicyclic) bond motifs is 4. The van der Waals surface area contributed by atoms with E-state index in [9.17, 15) is 14.4 Å². The number of ketones is 2. The first kappa shape index (κ1) is 22.6. The van der Waals surface area contributed by atoms with E-state index in [0.717, 1.165) is 57.7 Å². The lowest BCUT2D eigenvalue weighted by molar-refractivity contribution is -0.125. The lowest BCUT2D eigenvalue weighted by Gasteiger charge is -2.53. The molecule has 5 atom stereocenters. The van der Waals surface area contributed by atoms with Crippen LogP contribution in [0, 0.1) is 29.1 Å². The fourth-order valence-corrected chi connectivity index (χ4v) is 8.14. The largest absolute Gasteiger partial charge is 0.371 e. The summed E-state index contributed by atoms with van der Waals surface area (Å²) in [6.07, 6.45) is 16.3. The Morgan fingerprint density at radius 1 is 1.12 bits per heavy atom. The van der Waals surface area contributed by atoms with Gasteiger partial charge in [0.05, 0.1) is 6.54 Å². The van der Waals surface area contributed by atoms with Crippen molar-refractivity contribution in [2.75, 3.05) is 13.6 Å². The smallest absolute Gasteiger partial charge is 0.156 e. The number of nitrogens with zero attached hydrogens (tertiary/aromatic N) is 1. The zero-order chi connectivity index (χ0) is 23.3. The van der Waals surface area contributed by atoms with Gasteiger partial charge in [-0.25, -0.2) is 0 Å². The minimum Gasteiger partial charge on any atom is -0.371 e. The third-order valence-corrected chi connectivity index (χ3v) is 9.67. The molecule has 0 aromatic rings. The first-order chi connectivity index (χ1) is 15.8. The second-order valence-electron chi connectivity index (χ2n) is 11.3. The molecule has 0 N–H and O–H groups in total. The van der Waals surface area contributed by atoms with Crippen molar-refractivity contribution in [1.29, 1.82) is 0 Å². The van der Waals surface area contributed by atoms with Crippen LogP contribution in [0.5, 0.6) is 0 Å². The van der Waals surface area contributed by atoms with E-state index in [2.05, 4.69) is 19.1 Å². The number of hydrogen-bond acceptors (Lipinski definition) is 4. The summed E-state index contributed by atoms with van der Waals surface area (Å²) >= 11 is 0. The van der Waals surface area contributed by atoms with Crippen LogP contribution in [0.25, 0.3) is 0 Å². The quantitative estimate of drug-likeness (QED) is 0.533. The van der Waals surface area contributed by atoms with Crippen LogP contribution >= 0.6 is 0 Å². The van der Waals surface area contributed by atoms with Crippen molar-refractivity contribution in [2.45, 2.75) is 71.6 Å². The Labute approximate surface area is 197 Å². The molecular weight excluding hydrogens is 410 g/mol. The average Bonchev–Trinajstić information content (AvgIpc) is 3.15. The summed E-state index contributed by atoms with van der Waals surface area (Å²) in [5.41, 5.74) is 7.17. The predicted molar refractivity (Wildman–Crippen MR) is 129 cm³/mol. The molecular formula is C29H37NO3. The summed E-state index contributed by atoms with van der Waals surface area (Å²) in [4.78, 5) is 37.9. The molecule has 0 radical (unpaired) electrons. The van der Waals surface area contributed by atoms with Crippen molar-refractivity contribution in [3.05, 3.63) is 46.2 Å². The minimum atomic E-state index is 0.0655. The maximum absolute atomic E-state index is 12.7. The Morgan fingerprint density at radius 3 is 2.64 bits per heavy atom. The molecule has 0 amide bonds. The van der Waals surface area contributed by atoms with Gasteiger partial charge in [-0.1, -0.05) is 24.1 Å². The molecule has 5 aliphatic rings. The molecule has 0 saturated heterocycles. The van der Waals surface area contributed by atoms with Gasteiger partial charge < -0.3 is 9.69 Å². The zero-order valence-electron chi connectivity index (χ0n) is 20.4. The number of carbonyl (C=O) groups excluding carboxylic acids is 3. The van der Waals surface area contributed by atoms with Crippen molar-refractivity contribution in [1.82, 2.24) is 4.90 Å². The molecule has 176 valence electrons. The second kappa shape index (κ2) is 8.52. The van der Waals surface area contributed by atoms with Gasteiger partial charge in [0.15, 0.2) is 5.78 Å². The van der Waals surface area contributed by atoms with E-state index in [1.807, 2.05) is 18.0 Å². The van der Waals surface area contributed by atoms with Gasteiger partial charge in [0.2, 0.25) is 0 Å². The van der Waals surface area contributed by atoms with E-state index in [1.54, 1.807) is 12.5 Å². The summed E-state index contributed by atoms with van der Waals surface area (Å²) in [5.74, 6) is 2.32. The van der Waals surface area contributed by atoms with Crippen LogP contribution < -0.4 is 0 Å². The maximum Gasteiger partial charge on any atom is 0.156 e. The lowest BCUT2D eigenvalue weighted by Crippen LogP contribution is -2.46. The number of carbonyl (C=O) groups is 3. The molecule has 5 aliphatic carbocycles. The van der Waals surface area contributed by atoms with Crippen LogP contribution in [0.2, 0.25) is 0 Å². The Morgan fingerprint density at radius 2 is 1.94 bits per heavy atom. The van der Waals surface area contributed by atoms with Gasteiger partial charge in [0, 0.05) is 31.0 Å². The first-order valence-electron chi connectivity index (χ1n) is 12.8. The summed E-state index contributed by atoms with van der Waals surface area (Å²) in [6, 6.07) is 0. The highest BCUT2D eigenvalue weighted by molar-refractivity contribution is 5.93. The van der Waals surface area contributed by atoms with Gasteiger partial charge in [0.1, 0.15) is 12.1 Å².